The lowest BCUT2D eigenvalue weighted by atomic mass is 9.84. The highest BCUT2D eigenvalue weighted by atomic mass is 14.9. The first kappa shape index (κ1) is 12.0. The smallest absolute Gasteiger partial charge is 0.0100 e. The van der Waals surface area contributed by atoms with Gasteiger partial charge in [0, 0.05) is 12.1 Å². The van der Waals surface area contributed by atoms with Crippen LogP contribution in [-0.2, 0) is 0 Å². The van der Waals surface area contributed by atoms with Crippen molar-refractivity contribution < 1.29 is 0 Å². The molecular formula is C13H27N. The van der Waals surface area contributed by atoms with Crippen molar-refractivity contribution in [2.45, 2.75) is 71.9 Å². The summed E-state index contributed by atoms with van der Waals surface area (Å²) in [5.74, 6) is 1.74. The first-order chi connectivity index (χ1) is 6.61. The van der Waals surface area contributed by atoms with E-state index in [2.05, 4.69) is 33.0 Å². The molecule has 1 aliphatic carbocycles. The van der Waals surface area contributed by atoms with Crippen LogP contribution in [0.3, 0.4) is 0 Å². The Bertz CT molecular complexity index is 151. The van der Waals surface area contributed by atoms with Crippen molar-refractivity contribution in [1.82, 2.24) is 5.32 Å². The van der Waals surface area contributed by atoms with Gasteiger partial charge in [0.2, 0.25) is 0 Å². The van der Waals surface area contributed by atoms with Crippen LogP contribution >= 0.6 is 0 Å². The Kier molecular flexibility index (Phi) is 4.94. The molecule has 1 saturated carbocycles. The van der Waals surface area contributed by atoms with E-state index >= 15 is 0 Å². The molecule has 1 fully saturated rings. The van der Waals surface area contributed by atoms with Gasteiger partial charge in [-0.25, -0.2) is 0 Å². The maximum absolute atomic E-state index is 3.75. The third-order valence-electron chi connectivity index (χ3n) is 3.47. The molecule has 0 radical (unpaired) electrons. The van der Waals surface area contributed by atoms with E-state index in [1.807, 2.05) is 0 Å². The number of rotatable bonds is 3. The molecule has 0 aromatic rings. The fourth-order valence-corrected chi connectivity index (χ4v) is 2.77. The Balaban J connectivity index is 2.54. The van der Waals surface area contributed by atoms with Crippen molar-refractivity contribution in [3.05, 3.63) is 0 Å². The van der Waals surface area contributed by atoms with E-state index in [9.17, 15) is 0 Å². The minimum atomic E-state index is 0.638. The topological polar surface area (TPSA) is 12.0 Å². The van der Waals surface area contributed by atoms with Crippen LogP contribution in [0.25, 0.3) is 0 Å². The van der Waals surface area contributed by atoms with E-state index in [4.69, 9.17) is 0 Å². The summed E-state index contributed by atoms with van der Waals surface area (Å²) in [7, 11) is 0. The molecule has 14 heavy (non-hydrogen) atoms. The molecule has 1 heteroatoms. The van der Waals surface area contributed by atoms with E-state index in [1.165, 1.54) is 32.1 Å². The summed E-state index contributed by atoms with van der Waals surface area (Å²) in [6.07, 6.45) is 7.13. The zero-order valence-electron chi connectivity index (χ0n) is 10.3. The van der Waals surface area contributed by atoms with Gasteiger partial charge in [-0.2, -0.15) is 0 Å². The van der Waals surface area contributed by atoms with Gasteiger partial charge in [-0.3, -0.25) is 0 Å². The quantitative estimate of drug-likeness (QED) is 0.682. The molecule has 0 bridgehead atoms. The summed E-state index contributed by atoms with van der Waals surface area (Å²) in [5, 5.41) is 3.75. The minimum absolute atomic E-state index is 0.638. The summed E-state index contributed by atoms with van der Waals surface area (Å²) in [5.41, 5.74) is 0. The van der Waals surface area contributed by atoms with E-state index in [0.717, 1.165) is 17.9 Å². The van der Waals surface area contributed by atoms with Crippen molar-refractivity contribution in [3.8, 4) is 0 Å². The zero-order valence-corrected chi connectivity index (χ0v) is 10.3. The molecule has 1 aliphatic rings. The van der Waals surface area contributed by atoms with E-state index in [0.29, 0.717) is 6.04 Å². The van der Waals surface area contributed by atoms with Gasteiger partial charge in [0.15, 0.2) is 0 Å². The molecule has 0 aromatic heterocycles. The summed E-state index contributed by atoms with van der Waals surface area (Å²) in [4.78, 5) is 0. The number of nitrogens with one attached hydrogen (secondary N) is 1. The zero-order chi connectivity index (χ0) is 10.6. The number of hydrogen-bond acceptors (Lipinski definition) is 1. The second-order valence-electron chi connectivity index (χ2n) is 5.47. The average Bonchev–Trinajstić information content (AvgIpc) is 2.28. The Morgan fingerprint density at radius 2 is 1.57 bits per heavy atom. The van der Waals surface area contributed by atoms with Crippen LogP contribution in [0.15, 0.2) is 0 Å². The van der Waals surface area contributed by atoms with Crippen LogP contribution in [-0.4, -0.2) is 12.1 Å². The second-order valence-corrected chi connectivity index (χ2v) is 5.47. The first-order valence-corrected chi connectivity index (χ1v) is 6.37. The molecule has 0 aliphatic heterocycles. The normalized spacial score (nSPS) is 29.6. The molecule has 2 atom stereocenters. The lowest BCUT2D eigenvalue weighted by molar-refractivity contribution is 0.249. The summed E-state index contributed by atoms with van der Waals surface area (Å²) >= 11 is 0. The van der Waals surface area contributed by atoms with Gasteiger partial charge in [0.05, 0.1) is 0 Å². The maximum Gasteiger partial charge on any atom is 0.0100 e. The van der Waals surface area contributed by atoms with Crippen molar-refractivity contribution in [2.75, 3.05) is 0 Å². The average molecular weight is 197 g/mol. The molecule has 1 rings (SSSR count). The molecule has 0 amide bonds. The van der Waals surface area contributed by atoms with Crippen molar-refractivity contribution >= 4 is 0 Å². The molecule has 0 spiro atoms. The third kappa shape index (κ3) is 3.61. The van der Waals surface area contributed by atoms with E-state index in [-0.39, 0.29) is 0 Å². The molecule has 2 unspecified atom stereocenters. The highest BCUT2D eigenvalue weighted by Crippen LogP contribution is 2.29. The van der Waals surface area contributed by atoms with Crippen LogP contribution in [0.4, 0.5) is 0 Å². The Hall–Kier alpha value is -0.0400. The molecule has 0 saturated heterocycles. The van der Waals surface area contributed by atoms with Crippen LogP contribution in [0.1, 0.15) is 59.8 Å². The Morgan fingerprint density at radius 3 is 2.14 bits per heavy atom. The SMILES string of the molecule is CC(C)NC1CCCCCC1C(C)C. The summed E-state index contributed by atoms with van der Waals surface area (Å²) < 4.78 is 0. The third-order valence-corrected chi connectivity index (χ3v) is 3.47. The predicted octanol–water partition coefficient (Wildman–Crippen LogP) is 3.59. The van der Waals surface area contributed by atoms with Crippen LogP contribution in [0.5, 0.6) is 0 Å². The van der Waals surface area contributed by atoms with E-state index in [1.54, 1.807) is 0 Å². The van der Waals surface area contributed by atoms with Gasteiger partial charge >= 0.3 is 0 Å². The molecule has 0 aromatic carbocycles. The van der Waals surface area contributed by atoms with Crippen molar-refractivity contribution in [1.29, 1.82) is 0 Å². The standard InChI is InChI=1S/C13H27N/c1-10(2)12-8-6-5-7-9-13(12)14-11(3)4/h10-14H,5-9H2,1-4H3. The molecular weight excluding hydrogens is 170 g/mol. The Labute approximate surface area is 89.7 Å². The fraction of sp³-hybridized carbons (Fsp3) is 1.00. The Morgan fingerprint density at radius 1 is 0.929 bits per heavy atom. The van der Waals surface area contributed by atoms with Crippen LogP contribution in [0.2, 0.25) is 0 Å². The number of hydrogen-bond donors (Lipinski definition) is 1. The van der Waals surface area contributed by atoms with Crippen LogP contribution in [0, 0.1) is 11.8 Å². The lowest BCUT2D eigenvalue weighted by Gasteiger charge is -2.31. The molecule has 0 heterocycles. The molecule has 1 nitrogen and oxygen atoms in total. The predicted molar refractivity (Wildman–Crippen MR) is 63.5 cm³/mol. The highest BCUT2D eigenvalue weighted by molar-refractivity contribution is 4.82. The van der Waals surface area contributed by atoms with Gasteiger partial charge in [-0.05, 0) is 24.7 Å². The van der Waals surface area contributed by atoms with Gasteiger partial charge in [-0.15, -0.1) is 0 Å². The minimum Gasteiger partial charge on any atom is -0.311 e. The van der Waals surface area contributed by atoms with Gasteiger partial charge in [-0.1, -0.05) is 47.0 Å². The fourth-order valence-electron chi connectivity index (χ4n) is 2.77. The molecule has 84 valence electrons. The summed E-state index contributed by atoms with van der Waals surface area (Å²) in [6.45, 7) is 9.29. The monoisotopic (exact) mass is 197 g/mol. The highest BCUT2D eigenvalue weighted by Gasteiger charge is 2.26. The van der Waals surface area contributed by atoms with Crippen LogP contribution < -0.4 is 5.32 Å². The lowest BCUT2D eigenvalue weighted by Crippen LogP contribution is -2.41. The van der Waals surface area contributed by atoms with Crippen molar-refractivity contribution in [3.63, 3.8) is 0 Å². The summed E-state index contributed by atoms with van der Waals surface area (Å²) in [6, 6.07) is 1.41. The largest absolute Gasteiger partial charge is 0.311 e. The molecule has 1 N–H and O–H groups in total. The van der Waals surface area contributed by atoms with Gasteiger partial charge in [0.25, 0.3) is 0 Å². The first-order valence-electron chi connectivity index (χ1n) is 6.37. The van der Waals surface area contributed by atoms with Crippen molar-refractivity contribution in [2.24, 2.45) is 11.8 Å². The maximum atomic E-state index is 3.75. The van der Waals surface area contributed by atoms with E-state index < -0.39 is 0 Å². The van der Waals surface area contributed by atoms with Gasteiger partial charge in [0.1, 0.15) is 0 Å². The van der Waals surface area contributed by atoms with Gasteiger partial charge < -0.3 is 5.32 Å². The second kappa shape index (κ2) is 5.75.